The first-order chi connectivity index (χ1) is 16.4. The van der Waals surface area contributed by atoms with Crippen LogP contribution < -0.4 is 10.1 Å². The lowest BCUT2D eigenvalue weighted by molar-refractivity contribution is -0.140. The minimum atomic E-state index is -1.16. The van der Waals surface area contributed by atoms with Gasteiger partial charge in [-0.15, -0.1) is 0 Å². The Bertz CT molecular complexity index is 1010. The summed E-state index contributed by atoms with van der Waals surface area (Å²) < 4.78 is 5.89. The number of hydrogen-bond donors (Lipinski definition) is 3. The SMILES string of the molecule is O=C(O)NC1CCN(C(=O)[C@@H](c2ccc(OCc3ccccc3)c(Cl)c2)C2(O)CCCCC2)C1. The molecule has 2 fully saturated rings. The van der Waals surface area contributed by atoms with Crippen molar-refractivity contribution in [2.45, 2.75) is 62.7 Å². The molecule has 34 heavy (non-hydrogen) atoms. The van der Waals surface area contributed by atoms with Crippen LogP contribution in [0.15, 0.2) is 48.5 Å². The maximum atomic E-state index is 13.7. The van der Waals surface area contributed by atoms with Crippen LogP contribution in [-0.2, 0) is 11.4 Å². The summed E-state index contributed by atoms with van der Waals surface area (Å²) in [5.41, 5.74) is 0.510. The molecule has 4 rings (SSSR count). The summed E-state index contributed by atoms with van der Waals surface area (Å²) in [7, 11) is 0. The molecule has 0 spiro atoms. The number of hydrogen-bond acceptors (Lipinski definition) is 4. The molecule has 0 radical (unpaired) electrons. The molecule has 2 aliphatic rings. The van der Waals surface area contributed by atoms with Crippen LogP contribution >= 0.6 is 11.6 Å². The fourth-order valence-electron chi connectivity index (χ4n) is 5.12. The molecule has 1 saturated carbocycles. The van der Waals surface area contributed by atoms with E-state index >= 15 is 0 Å². The zero-order valence-electron chi connectivity index (χ0n) is 19.1. The average Bonchev–Trinajstić information content (AvgIpc) is 3.27. The highest BCUT2D eigenvalue weighted by molar-refractivity contribution is 6.32. The van der Waals surface area contributed by atoms with E-state index in [1.54, 1.807) is 17.0 Å². The van der Waals surface area contributed by atoms with E-state index in [2.05, 4.69) is 5.32 Å². The largest absolute Gasteiger partial charge is 0.487 e. The molecule has 1 heterocycles. The minimum absolute atomic E-state index is 0.187. The fourth-order valence-corrected chi connectivity index (χ4v) is 5.36. The number of benzene rings is 2. The summed E-state index contributed by atoms with van der Waals surface area (Å²) in [5.74, 6) is -0.437. The second-order valence-electron chi connectivity index (χ2n) is 9.28. The average molecular weight is 487 g/mol. The Morgan fingerprint density at radius 3 is 2.56 bits per heavy atom. The molecular weight excluding hydrogens is 456 g/mol. The molecule has 3 N–H and O–H groups in total. The highest BCUT2D eigenvalue weighted by atomic mass is 35.5. The lowest BCUT2D eigenvalue weighted by atomic mass is 9.72. The van der Waals surface area contributed by atoms with E-state index in [9.17, 15) is 14.7 Å². The van der Waals surface area contributed by atoms with E-state index in [0.29, 0.717) is 55.3 Å². The molecule has 0 bridgehead atoms. The molecule has 8 heteroatoms. The van der Waals surface area contributed by atoms with Crippen LogP contribution in [0.1, 0.15) is 55.6 Å². The van der Waals surface area contributed by atoms with Crippen molar-refractivity contribution in [1.29, 1.82) is 0 Å². The predicted octanol–water partition coefficient (Wildman–Crippen LogP) is 4.57. The van der Waals surface area contributed by atoms with Gasteiger partial charge in [-0.3, -0.25) is 4.79 Å². The number of carbonyl (C=O) groups is 2. The van der Waals surface area contributed by atoms with Gasteiger partial charge in [0.15, 0.2) is 0 Å². The second kappa shape index (κ2) is 10.7. The van der Waals surface area contributed by atoms with Crippen molar-refractivity contribution < 1.29 is 24.5 Å². The summed E-state index contributed by atoms with van der Waals surface area (Å²) in [6, 6.07) is 14.8. The molecule has 1 aliphatic carbocycles. The van der Waals surface area contributed by atoms with Crippen molar-refractivity contribution in [3.05, 3.63) is 64.7 Å². The topological polar surface area (TPSA) is 99.1 Å². The Hall–Kier alpha value is -2.77. The van der Waals surface area contributed by atoms with Crippen molar-refractivity contribution in [1.82, 2.24) is 10.2 Å². The number of nitrogens with zero attached hydrogens (tertiary/aromatic N) is 1. The lowest BCUT2D eigenvalue weighted by Crippen LogP contribution is -2.48. The zero-order valence-corrected chi connectivity index (χ0v) is 19.8. The van der Waals surface area contributed by atoms with Gasteiger partial charge in [0, 0.05) is 13.1 Å². The first-order valence-electron chi connectivity index (χ1n) is 11.8. The summed E-state index contributed by atoms with van der Waals surface area (Å²) in [4.78, 5) is 26.4. The maximum absolute atomic E-state index is 13.7. The van der Waals surface area contributed by atoms with Gasteiger partial charge in [0.25, 0.3) is 0 Å². The summed E-state index contributed by atoms with van der Waals surface area (Å²) in [6.07, 6.45) is 3.28. The second-order valence-corrected chi connectivity index (χ2v) is 9.69. The van der Waals surface area contributed by atoms with Gasteiger partial charge in [-0.05, 0) is 42.5 Å². The van der Waals surface area contributed by atoms with Gasteiger partial charge < -0.3 is 25.2 Å². The highest BCUT2D eigenvalue weighted by Crippen LogP contribution is 2.43. The van der Waals surface area contributed by atoms with Crippen molar-refractivity contribution in [3.63, 3.8) is 0 Å². The van der Waals surface area contributed by atoms with Crippen LogP contribution in [0.4, 0.5) is 4.79 Å². The van der Waals surface area contributed by atoms with Crippen molar-refractivity contribution in [2.75, 3.05) is 13.1 Å². The number of rotatable bonds is 7. The van der Waals surface area contributed by atoms with Crippen LogP contribution in [0.3, 0.4) is 0 Å². The molecule has 1 unspecified atom stereocenters. The van der Waals surface area contributed by atoms with Gasteiger partial charge >= 0.3 is 6.09 Å². The molecule has 1 aliphatic heterocycles. The number of carbonyl (C=O) groups excluding carboxylic acids is 1. The molecule has 7 nitrogen and oxygen atoms in total. The van der Waals surface area contributed by atoms with Crippen LogP contribution in [0.25, 0.3) is 0 Å². The van der Waals surface area contributed by atoms with Gasteiger partial charge in [0.2, 0.25) is 5.91 Å². The Labute approximate surface area is 204 Å². The fraction of sp³-hybridized carbons (Fsp3) is 0.462. The first kappa shape index (κ1) is 24.4. The van der Waals surface area contributed by atoms with E-state index < -0.39 is 17.6 Å². The van der Waals surface area contributed by atoms with Crippen molar-refractivity contribution in [3.8, 4) is 5.75 Å². The predicted molar refractivity (Wildman–Crippen MR) is 129 cm³/mol. The third-order valence-corrected chi connectivity index (χ3v) is 7.15. The Morgan fingerprint density at radius 1 is 1.15 bits per heavy atom. The van der Waals surface area contributed by atoms with E-state index in [4.69, 9.17) is 21.4 Å². The smallest absolute Gasteiger partial charge is 0.404 e. The van der Waals surface area contributed by atoms with Gasteiger partial charge in [-0.25, -0.2) is 4.79 Å². The number of halogens is 1. The maximum Gasteiger partial charge on any atom is 0.404 e. The molecular formula is C26H31ClN2O5. The number of likely N-dealkylation sites (tertiary alicyclic amines) is 1. The molecule has 0 aromatic heterocycles. The summed E-state index contributed by atoms with van der Waals surface area (Å²) >= 11 is 6.56. The molecule has 2 amide bonds. The van der Waals surface area contributed by atoms with Gasteiger partial charge in [0.05, 0.1) is 22.6 Å². The van der Waals surface area contributed by atoms with Gasteiger partial charge in [-0.1, -0.05) is 67.3 Å². The quantitative estimate of drug-likeness (QED) is 0.532. The van der Waals surface area contributed by atoms with E-state index in [-0.39, 0.29) is 11.9 Å². The van der Waals surface area contributed by atoms with Crippen molar-refractivity contribution >= 4 is 23.6 Å². The molecule has 2 aromatic rings. The third-order valence-electron chi connectivity index (χ3n) is 6.86. The summed E-state index contributed by atoms with van der Waals surface area (Å²) in [5, 5.41) is 23.5. The van der Waals surface area contributed by atoms with Gasteiger partial charge in [-0.2, -0.15) is 0 Å². The third kappa shape index (κ3) is 5.65. The minimum Gasteiger partial charge on any atom is -0.487 e. The van der Waals surface area contributed by atoms with E-state index in [0.717, 1.165) is 24.8 Å². The molecule has 2 atom stereocenters. The molecule has 182 valence electrons. The molecule has 1 saturated heterocycles. The van der Waals surface area contributed by atoms with Crippen LogP contribution in [0.5, 0.6) is 5.75 Å². The number of carboxylic acid groups (broad SMARTS) is 1. The highest BCUT2D eigenvalue weighted by Gasteiger charge is 2.46. The zero-order chi connectivity index (χ0) is 24.1. The van der Waals surface area contributed by atoms with Crippen LogP contribution in [0.2, 0.25) is 5.02 Å². The number of aliphatic hydroxyl groups is 1. The lowest BCUT2D eigenvalue weighted by Gasteiger charge is -2.40. The number of nitrogens with one attached hydrogen (secondary N) is 1. The Morgan fingerprint density at radius 2 is 1.88 bits per heavy atom. The Balaban J connectivity index is 1.56. The number of ether oxygens (including phenoxy) is 1. The first-order valence-corrected chi connectivity index (χ1v) is 12.2. The number of amides is 2. The van der Waals surface area contributed by atoms with E-state index in [1.165, 1.54) is 0 Å². The van der Waals surface area contributed by atoms with Crippen LogP contribution in [0, 0.1) is 0 Å². The van der Waals surface area contributed by atoms with Gasteiger partial charge in [0.1, 0.15) is 12.4 Å². The van der Waals surface area contributed by atoms with E-state index in [1.807, 2.05) is 36.4 Å². The van der Waals surface area contributed by atoms with Crippen LogP contribution in [-0.4, -0.2) is 51.8 Å². The normalized spacial score (nSPS) is 20.5. The standard InChI is InChI=1S/C26H31ClN2O5/c27-21-15-19(9-10-22(21)34-17-18-7-3-1-4-8-18)23(26(33)12-5-2-6-13-26)24(30)29-14-11-20(16-29)28-25(31)32/h1,3-4,7-10,15,20,23,28,33H,2,5-6,11-14,16-17H2,(H,31,32)/t20?,23-/m1/s1. The molecule has 2 aromatic carbocycles. The van der Waals surface area contributed by atoms with Crippen molar-refractivity contribution in [2.24, 2.45) is 0 Å². The summed E-state index contributed by atoms with van der Waals surface area (Å²) in [6.45, 7) is 1.12. The Kier molecular flexibility index (Phi) is 7.63. The monoisotopic (exact) mass is 486 g/mol.